The minimum absolute atomic E-state index is 0.0599. The number of imide groups is 1. The van der Waals surface area contributed by atoms with Gasteiger partial charge in [0.15, 0.2) is 0 Å². The van der Waals surface area contributed by atoms with Crippen molar-refractivity contribution < 1.29 is 38.1 Å². The molecular formula is C18H28N2O8. The molecule has 0 atom stereocenters. The molecule has 158 valence electrons. The molecule has 0 fully saturated rings. The van der Waals surface area contributed by atoms with Crippen molar-refractivity contribution in [2.75, 3.05) is 65.9 Å². The van der Waals surface area contributed by atoms with Crippen molar-refractivity contribution in [3.63, 3.8) is 0 Å². The fraction of sp³-hybridized carbons (Fsp3) is 0.667. The Morgan fingerprint density at radius 2 is 1.36 bits per heavy atom. The van der Waals surface area contributed by atoms with Crippen LogP contribution in [0.2, 0.25) is 0 Å². The zero-order chi connectivity index (χ0) is 20.5. The second-order valence-electron chi connectivity index (χ2n) is 5.67. The van der Waals surface area contributed by atoms with Crippen molar-refractivity contribution in [2.24, 2.45) is 0 Å². The van der Waals surface area contributed by atoms with Crippen molar-refractivity contribution in [1.82, 2.24) is 10.2 Å². The molecule has 3 amide bonds. The van der Waals surface area contributed by atoms with Crippen molar-refractivity contribution in [3.8, 4) is 0 Å². The summed E-state index contributed by atoms with van der Waals surface area (Å²) in [5.74, 6) is -1.04. The van der Waals surface area contributed by atoms with Crippen LogP contribution in [0, 0.1) is 0 Å². The van der Waals surface area contributed by atoms with E-state index in [-0.39, 0.29) is 18.9 Å². The van der Waals surface area contributed by atoms with Crippen LogP contribution in [0.3, 0.4) is 0 Å². The first-order valence-corrected chi connectivity index (χ1v) is 9.20. The minimum atomic E-state index is -0.394. The van der Waals surface area contributed by atoms with Crippen LogP contribution in [0.4, 0.5) is 0 Å². The number of nitrogens with one attached hydrogen (secondary N) is 1. The first-order valence-electron chi connectivity index (χ1n) is 9.20. The maximum Gasteiger partial charge on any atom is 0.253 e. The lowest BCUT2D eigenvalue weighted by Crippen LogP contribution is -2.35. The van der Waals surface area contributed by atoms with E-state index in [9.17, 15) is 19.2 Å². The van der Waals surface area contributed by atoms with Crippen LogP contribution in [0.15, 0.2) is 12.2 Å². The Kier molecular flexibility index (Phi) is 13.5. The molecule has 0 aromatic heterocycles. The van der Waals surface area contributed by atoms with Gasteiger partial charge in [-0.15, -0.1) is 0 Å². The van der Waals surface area contributed by atoms with E-state index in [0.29, 0.717) is 65.8 Å². The Bertz CT molecular complexity index is 506. The molecule has 1 rings (SSSR count). The summed E-state index contributed by atoms with van der Waals surface area (Å²) in [5, 5.41) is 2.65. The third kappa shape index (κ3) is 11.5. The Labute approximate surface area is 164 Å². The van der Waals surface area contributed by atoms with Crippen molar-refractivity contribution in [2.45, 2.75) is 12.8 Å². The van der Waals surface area contributed by atoms with E-state index in [4.69, 9.17) is 18.9 Å². The van der Waals surface area contributed by atoms with E-state index in [1.165, 1.54) is 12.2 Å². The first kappa shape index (κ1) is 23.9. The number of ether oxygens (including phenoxy) is 4. The van der Waals surface area contributed by atoms with Gasteiger partial charge in [0.2, 0.25) is 5.91 Å². The molecule has 0 aromatic carbocycles. The normalized spacial score (nSPS) is 13.4. The molecule has 0 saturated heterocycles. The van der Waals surface area contributed by atoms with Crippen LogP contribution in [-0.2, 0) is 38.1 Å². The van der Waals surface area contributed by atoms with E-state index < -0.39 is 11.8 Å². The Morgan fingerprint density at radius 3 is 1.89 bits per heavy atom. The summed E-state index contributed by atoms with van der Waals surface area (Å²) in [5.41, 5.74) is 0. The van der Waals surface area contributed by atoms with Gasteiger partial charge in [-0.3, -0.25) is 19.3 Å². The molecule has 0 aromatic rings. The lowest BCUT2D eigenvalue weighted by atomic mass is 10.3. The summed E-state index contributed by atoms with van der Waals surface area (Å²) in [4.78, 5) is 45.4. The van der Waals surface area contributed by atoms with Gasteiger partial charge in [0, 0.05) is 38.1 Å². The third-order valence-electron chi connectivity index (χ3n) is 3.53. The van der Waals surface area contributed by atoms with Gasteiger partial charge in [0.25, 0.3) is 11.8 Å². The number of carbonyl (C=O) groups is 4. The fourth-order valence-electron chi connectivity index (χ4n) is 2.11. The molecule has 1 heterocycles. The molecule has 0 aliphatic carbocycles. The highest BCUT2D eigenvalue weighted by atomic mass is 16.6. The molecule has 28 heavy (non-hydrogen) atoms. The SMILES string of the molecule is O=CCCOCCOCCOCCOCCNC(=O)CCN1C(=O)C=CC1=O. The van der Waals surface area contributed by atoms with Gasteiger partial charge < -0.3 is 29.1 Å². The average Bonchev–Trinajstić information content (AvgIpc) is 3.01. The second kappa shape index (κ2) is 15.9. The highest BCUT2D eigenvalue weighted by molar-refractivity contribution is 6.13. The van der Waals surface area contributed by atoms with E-state index in [1.54, 1.807) is 0 Å². The summed E-state index contributed by atoms with van der Waals surface area (Å²) in [6, 6.07) is 0. The molecular weight excluding hydrogens is 372 g/mol. The number of hydrogen-bond donors (Lipinski definition) is 1. The smallest absolute Gasteiger partial charge is 0.253 e. The second-order valence-corrected chi connectivity index (χ2v) is 5.67. The summed E-state index contributed by atoms with van der Waals surface area (Å²) in [6.45, 7) is 3.77. The first-order chi connectivity index (χ1) is 13.6. The molecule has 0 spiro atoms. The average molecular weight is 400 g/mol. The number of rotatable bonds is 18. The van der Waals surface area contributed by atoms with Gasteiger partial charge in [0.05, 0.1) is 52.9 Å². The molecule has 0 saturated carbocycles. The maximum absolute atomic E-state index is 11.6. The highest BCUT2D eigenvalue weighted by Gasteiger charge is 2.23. The lowest BCUT2D eigenvalue weighted by Gasteiger charge is -2.13. The number of aldehydes is 1. The Balaban J connectivity index is 1.80. The molecule has 10 heteroatoms. The third-order valence-corrected chi connectivity index (χ3v) is 3.53. The number of nitrogens with zero attached hydrogens (tertiary/aromatic N) is 1. The molecule has 1 N–H and O–H groups in total. The number of amides is 3. The predicted octanol–water partition coefficient (Wildman–Crippen LogP) is -0.927. The highest BCUT2D eigenvalue weighted by Crippen LogP contribution is 2.03. The summed E-state index contributed by atoms with van der Waals surface area (Å²) < 4.78 is 21.1. The zero-order valence-electron chi connectivity index (χ0n) is 15.9. The van der Waals surface area contributed by atoms with E-state index in [2.05, 4.69) is 5.32 Å². The Morgan fingerprint density at radius 1 is 0.857 bits per heavy atom. The van der Waals surface area contributed by atoms with Crippen LogP contribution in [-0.4, -0.2) is 94.9 Å². The van der Waals surface area contributed by atoms with Gasteiger partial charge in [-0.2, -0.15) is 0 Å². The molecule has 1 aliphatic rings. The maximum atomic E-state index is 11.6. The topological polar surface area (TPSA) is 120 Å². The standard InChI is InChI=1S/C18H28N2O8/c21-7-1-8-25-10-12-27-14-15-28-13-11-26-9-5-19-16(22)4-6-20-17(23)2-3-18(20)24/h2-3,7H,1,4-6,8-15H2,(H,19,22). The van der Waals surface area contributed by atoms with E-state index in [0.717, 1.165) is 11.2 Å². The Hall–Kier alpha value is -2.14. The molecule has 0 unspecified atom stereocenters. The van der Waals surface area contributed by atoms with E-state index >= 15 is 0 Å². The van der Waals surface area contributed by atoms with Gasteiger partial charge in [-0.05, 0) is 0 Å². The zero-order valence-corrected chi connectivity index (χ0v) is 15.9. The lowest BCUT2D eigenvalue weighted by molar-refractivity contribution is -0.137. The monoisotopic (exact) mass is 400 g/mol. The van der Waals surface area contributed by atoms with Gasteiger partial charge in [-0.25, -0.2) is 0 Å². The molecule has 0 bridgehead atoms. The van der Waals surface area contributed by atoms with Crippen molar-refractivity contribution in [3.05, 3.63) is 12.2 Å². The van der Waals surface area contributed by atoms with Crippen molar-refractivity contribution in [1.29, 1.82) is 0 Å². The summed E-state index contributed by atoms with van der Waals surface area (Å²) in [7, 11) is 0. The quantitative estimate of drug-likeness (QED) is 0.178. The van der Waals surface area contributed by atoms with Crippen LogP contribution in [0.25, 0.3) is 0 Å². The van der Waals surface area contributed by atoms with Gasteiger partial charge in [-0.1, -0.05) is 0 Å². The molecule has 0 radical (unpaired) electrons. The summed E-state index contributed by atoms with van der Waals surface area (Å²) in [6.07, 6.45) is 3.64. The fourth-order valence-corrected chi connectivity index (χ4v) is 2.11. The molecule has 10 nitrogen and oxygen atoms in total. The van der Waals surface area contributed by atoms with Crippen LogP contribution in [0.1, 0.15) is 12.8 Å². The number of hydrogen-bond acceptors (Lipinski definition) is 8. The van der Waals surface area contributed by atoms with E-state index in [1.807, 2.05) is 0 Å². The largest absolute Gasteiger partial charge is 0.379 e. The van der Waals surface area contributed by atoms with Crippen LogP contribution in [0.5, 0.6) is 0 Å². The van der Waals surface area contributed by atoms with Crippen LogP contribution < -0.4 is 5.32 Å². The number of carbonyl (C=O) groups excluding carboxylic acids is 4. The molecule has 1 aliphatic heterocycles. The van der Waals surface area contributed by atoms with Crippen molar-refractivity contribution >= 4 is 24.0 Å². The minimum Gasteiger partial charge on any atom is -0.379 e. The predicted molar refractivity (Wildman–Crippen MR) is 97.4 cm³/mol. The van der Waals surface area contributed by atoms with Crippen LogP contribution >= 0.6 is 0 Å². The van der Waals surface area contributed by atoms with Gasteiger partial charge >= 0.3 is 0 Å². The van der Waals surface area contributed by atoms with Gasteiger partial charge in [0.1, 0.15) is 6.29 Å². The summed E-state index contributed by atoms with van der Waals surface area (Å²) >= 11 is 0.